The summed E-state index contributed by atoms with van der Waals surface area (Å²) in [7, 11) is -1.46. The predicted octanol–water partition coefficient (Wildman–Crippen LogP) is 5.93. The number of hydrogen-bond acceptors (Lipinski definition) is 6. The number of hydrogen-bond donors (Lipinski definition) is 1. The smallest absolute Gasteiger partial charge is 0.264 e. The van der Waals surface area contributed by atoms with Gasteiger partial charge in [0.05, 0.1) is 24.8 Å². The first-order valence-corrected chi connectivity index (χ1v) is 16.0. The lowest BCUT2D eigenvalue weighted by Crippen LogP contribution is -2.53. The molecule has 0 bridgehead atoms. The number of sulfonamides is 1. The van der Waals surface area contributed by atoms with E-state index in [1.165, 1.54) is 37.3 Å². The van der Waals surface area contributed by atoms with Gasteiger partial charge >= 0.3 is 0 Å². The van der Waals surface area contributed by atoms with Crippen LogP contribution in [0.4, 0.5) is 5.69 Å². The number of para-hydroxylation sites is 1. The monoisotopic (exact) mass is 649 g/mol. The van der Waals surface area contributed by atoms with Crippen LogP contribution in [0.3, 0.4) is 0 Å². The number of methoxy groups -OCH3 is 2. The van der Waals surface area contributed by atoms with Crippen molar-refractivity contribution < 1.29 is 27.5 Å². The summed E-state index contributed by atoms with van der Waals surface area (Å²) in [5, 5.41) is 3.58. The van der Waals surface area contributed by atoms with E-state index in [1.807, 2.05) is 13.8 Å². The number of rotatable bonds is 14. The molecule has 0 aliphatic rings. The standard InChI is InChI=1S/C31H37Cl2N3O6S/c1-6-21(3)34-31(38)27(7-2)35(19-24-25(32)14-11-15-26(24)33)30(37)20-36(22-12-9-8-10-13-22)43(39,40)23-16-17-28(41-4)29(18-23)42-5/h8-18,21,27H,6-7,19-20H2,1-5H3,(H,34,38). The summed E-state index contributed by atoms with van der Waals surface area (Å²) in [5.41, 5.74) is 0.710. The summed E-state index contributed by atoms with van der Waals surface area (Å²) < 4.78 is 39.8. The Morgan fingerprint density at radius 3 is 2.07 bits per heavy atom. The van der Waals surface area contributed by atoms with Crippen LogP contribution in [0.15, 0.2) is 71.6 Å². The molecule has 3 aromatic carbocycles. The highest BCUT2D eigenvalue weighted by atomic mass is 35.5. The van der Waals surface area contributed by atoms with Crippen LogP contribution in [0.1, 0.15) is 39.2 Å². The predicted molar refractivity (Wildman–Crippen MR) is 170 cm³/mol. The summed E-state index contributed by atoms with van der Waals surface area (Å²) in [6.45, 7) is 4.88. The Kier molecular flexibility index (Phi) is 12.1. The second-order valence-corrected chi connectivity index (χ2v) is 12.5. The lowest BCUT2D eigenvalue weighted by Gasteiger charge is -2.34. The number of ether oxygens (including phenoxy) is 2. The van der Waals surface area contributed by atoms with Crippen molar-refractivity contribution in [3.8, 4) is 11.5 Å². The summed E-state index contributed by atoms with van der Waals surface area (Å²) in [6, 6.07) is 16.4. The molecular weight excluding hydrogens is 613 g/mol. The lowest BCUT2D eigenvalue weighted by atomic mass is 10.1. The van der Waals surface area contributed by atoms with Crippen LogP contribution in [0.25, 0.3) is 0 Å². The molecule has 0 spiro atoms. The van der Waals surface area contributed by atoms with E-state index in [2.05, 4.69) is 5.32 Å². The highest BCUT2D eigenvalue weighted by molar-refractivity contribution is 7.92. The molecule has 0 saturated heterocycles. The van der Waals surface area contributed by atoms with Gasteiger partial charge in [0.25, 0.3) is 10.0 Å². The van der Waals surface area contributed by atoms with Crippen molar-refractivity contribution in [2.75, 3.05) is 25.1 Å². The van der Waals surface area contributed by atoms with Gasteiger partial charge in [0, 0.05) is 34.3 Å². The van der Waals surface area contributed by atoms with Crippen molar-refractivity contribution in [2.24, 2.45) is 0 Å². The number of amides is 2. The second-order valence-electron chi connectivity index (χ2n) is 9.83. The molecule has 0 saturated carbocycles. The van der Waals surface area contributed by atoms with Crippen molar-refractivity contribution >= 4 is 50.7 Å². The molecule has 0 aliphatic carbocycles. The van der Waals surface area contributed by atoms with Gasteiger partial charge in [-0.3, -0.25) is 13.9 Å². The van der Waals surface area contributed by atoms with E-state index in [-0.39, 0.29) is 41.2 Å². The molecule has 232 valence electrons. The van der Waals surface area contributed by atoms with Gasteiger partial charge in [-0.15, -0.1) is 0 Å². The third-order valence-corrected chi connectivity index (χ3v) is 9.52. The Hall–Kier alpha value is -3.47. The van der Waals surface area contributed by atoms with Crippen LogP contribution in [0.2, 0.25) is 10.0 Å². The minimum atomic E-state index is -4.31. The van der Waals surface area contributed by atoms with E-state index in [9.17, 15) is 18.0 Å². The Morgan fingerprint density at radius 2 is 1.51 bits per heavy atom. The fraction of sp³-hybridized carbons (Fsp3) is 0.355. The molecule has 3 rings (SSSR count). The lowest BCUT2D eigenvalue weighted by molar-refractivity contribution is -0.140. The number of carbonyl (C=O) groups is 2. The quantitative estimate of drug-likeness (QED) is 0.232. The molecule has 2 unspecified atom stereocenters. The summed E-state index contributed by atoms with van der Waals surface area (Å²) >= 11 is 12.9. The van der Waals surface area contributed by atoms with Crippen molar-refractivity contribution in [2.45, 2.75) is 57.1 Å². The molecule has 12 heteroatoms. The minimum absolute atomic E-state index is 0.107. The van der Waals surface area contributed by atoms with Gasteiger partial charge in [-0.25, -0.2) is 8.42 Å². The number of anilines is 1. The van der Waals surface area contributed by atoms with E-state index in [0.29, 0.717) is 27.8 Å². The van der Waals surface area contributed by atoms with Crippen LogP contribution >= 0.6 is 23.2 Å². The fourth-order valence-electron chi connectivity index (χ4n) is 4.44. The van der Waals surface area contributed by atoms with E-state index >= 15 is 0 Å². The molecule has 1 N–H and O–H groups in total. The fourth-order valence-corrected chi connectivity index (χ4v) is 6.39. The minimum Gasteiger partial charge on any atom is -0.493 e. The number of nitrogens with one attached hydrogen (secondary N) is 1. The van der Waals surface area contributed by atoms with Gasteiger partial charge in [0.2, 0.25) is 11.8 Å². The maximum absolute atomic E-state index is 14.2. The zero-order chi connectivity index (χ0) is 31.7. The SMILES string of the molecule is CCC(C)NC(=O)C(CC)N(Cc1c(Cl)cccc1Cl)C(=O)CN(c1ccccc1)S(=O)(=O)c1ccc(OC)c(OC)c1. The van der Waals surface area contributed by atoms with Gasteiger partial charge in [-0.05, 0) is 56.2 Å². The summed E-state index contributed by atoms with van der Waals surface area (Å²) in [6.07, 6.45) is 0.960. The first-order valence-electron chi connectivity index (χ1n) is 13.8. The summed E-state index contributed by atoms with van der Waals surface area (Å²) in [5.74, 6) is -0.409. The number of benzene rings is 3. The highest BCUT2D eigenvalue weighted by Gasteiger charge is 2.35. The van der Waals surface area contributed by atoms with E-state index in [1.54, 1.807) is 55.5 Å². The maximum atomic E-state index is 14.2. The van der Waals surface area contributed by atoms with Gasteiger partial charge in [-0.1, -0.05) is 61.3 Å². The highest BCUT2D eigenvalue weighted by Crippen LogP contribution is 2.33. The molecule has 2 atom stereocenters. The van der Waals surface area contributed by atoms with Gasteiger partial charge in [0.15, 0.2) is 11.5 Å². The maximum Gasteiger partial charge on any atom is 0.264 e. The van der Waals surface area contributed by atoms with Crippen LogP contribution in [-0.2, 0) is 26.2 Å². The molecule has 0 fully saturated rings. The third-order valence-electron chi connectivity index (χ3n) is 7.04. The second kappa shape index (κ2) is 15.3. The number of halogens is 2. The van der Waals surface area contributed by atoms with E-state index in [4.69, 9.17) is 32.7 Å². The third kappa shape index (κ3) is 8.13. The number of carbonyl (C=O) groups excluding carboxylic acids is 2. The average molecular weight is 651 g/mol. The van der Waals surface area contributed by atoms with Crippen LogP contribution < -0.4 is 19.1 Å². The Labute approximate surface area is 263 Å². The van der Waals surface area contributed by atoms with Gasteiger partial charge < -0.3 is 19.7 Å². The van der Waals surface area contributed by atoms with Gasteiger partial charge in [0.1, 0.15) is 12.6 Å². The molecule has 0 heterocycles. The van der Waals surface area contributed by atoms with Crippen molar-refractivity contribution in [1.82, 2.24) is 10.2 Å². The van der Waals surface area contributed by atoms with Crippen molar-refractivity contribution in [3.63, 3.8) is 0 Å². The molecule has 0 aromatic heterocycles. The van der Waals surface area contributed by atoms with E-state index < -0.39 is 28.5 Å². The van der Waals surface area contributed by atoms with E-state index in [0.717, 1.165) is 4.31 Å². The molecule has 43 heavy (non-hydrogen) atoms. The molecule has 2 amide bonds. The Morgan fingerprint density at radius 1 is 0.884 bits per heavy atom. The normalized spacial score (nSPS) is 12.6. The van der Waals surface area contributed by atoms with Crippen LogP contribution in [-0.4, -0.2) is 58.0 Å². The Bertz CT molecular complexity index is 1500. The molecule has 0 aliphatic heterocycles. The zero-order valence-electron chi connectivity index (χ0n) is 24.8. The average Bonchev–Trinajstić information content (AvgIpc) is 3.00. The summed E-state index contributed by atoms with van der Waals surface area (Å²) in [4.78, 5) is 28.9. The largest absolute Gasteiger partial charge is 0.493 e. The number of nitrogens with zero attached hydrogens (tertiary/aromatic N) is 2. The topological polar surface area (TPSA) is 105 Å². The molecular formula is C31H37Cl2N3O6S. The molecule has 0 radical (unpaired) electrons. The molecule has 9 nitrogen and oxygen atoms in total. The van der Waals surface area contributed by atoms with Gasteiger partial charge in [-0.2, -0.15) is 0 Å². The van der Waals surface area contributed by atoms with Crippen molar-refractivity contribution in [3.05, 3.63) is 82.3 Å². The first kappa shape index (κ1) is 34.0. The van der Waals surface area contributed by atoms with Crippen molar-refractivity contribution in [1.29, 1.82) is 0 Å². The van der Waals surface area contributed by atoms with Crippen LogP contribution in [0, 0.1) is 0 Å². The Balaban J connectivity index is 2.11. The van der Waals surface area contributed by atoms with Crippen LogP contribution in [0.5, 0.6) is 11.5 Å². The molecule has 3 aromatic rings. The first-order chi connectivity index (χ1) is 20.5. The zero-order valence-corrected chi connectivity index (χ0v) is 27.2.